The van der Waals surface area contributed by atoms with E-state index in [0.717, 1.165) is 32.5 Å². The summed E-state index contributed by atoms with van der Waals surface area (Å²) in [5.41, 5.74) is 0.528. The van der Waals surface area contributed by atoms with Gasteiger partial charge >= 0.3 is 0 Å². The van der Waals surface area contributed by atoms with Gasteiger partial charge in [0.25, 0.3) is 5.91 Å². The molecule has 1 unspecified atom stereocenters. The Morgan fingerprint density at radius 1 is 1.29 bits per heavy atom. The Morgan fingerprint density at radius 3 is 2.76 bits per heavy atom. The van der Waals surface area contributed by atoms with Crippen molar-refractivity contribution >= 4 is 29.1 Å². The zero-order valence-electron chi connectivity index (χ0n) is 11.9. The van der Waals surface area contributed by atoms with Gasteiger partial charge in [0, 0.05) is 17.6 Å². The van der Waals surface area contributed by atoms with Crippen molar-refractivity contribution in [2.45, 2.75) is 31.7 Å². The van der Waals surface area contributed by atoms with Crippen molar-refractivity contribution in [1.82, 2.24) is 10.2 Å². The Hall–Kier alpha value is -0.770. The van der Waals surface area contributed by atoms with E-state index in [-0.39, 0.29) is 5.91 Å². The quantitative estimate of drug-likeness (QED) is 0.916. The number of nitrogens with one attached hydrogen (secondary N) is 1. The van der Waals surface area contributed by atoms with Crippen LogP contribution in [0.15, 0.2) is 18.2 Å². The normalized spacial score (nSPS) is 22.1. The third-order valence-electron chi connectivity index (χ3n) is 4.26. The lowest BCUT2D eigenvalue weighted by Gasteiger charge is -2.30. The standard InChI is InChI=1S/C16H20Cl2N2O/c17-12-3-6-15(18)14(8-12)16(21)20(13-4-5-13)10-11-2-1-7-19-9-11/h3,6,8,11,13,19H,1-2,4-5,7,9-10H2. The van der Waals surface area contributed by atoms with E-state index in [0.29, 0.717) is 27.6 Å². The molecule has 1 aromatic carbocycles. The lowest BCUT2D eigenvalue weighted by molar-refractivity contribution is 0.0704. The van der Waals surface area contributed by atoms with Gasteiger partial charge in [-0.1, -0.05) is 23.2 Å². The highest BCUT2D eigenvalue weighted by molar-refractivity contribution is 6.35. The van der Waals surface area contributed by atoms with Crippen molar-refractivity contribution in [2.24, 2.45) is 5.92 Å². The van der Waals surface area contributed by atoms with Gasteiger partial charge in [0.1, 0.15) is 0 Å². The van der Waals surface area contributed by atoms with Crippen molar-refractivity contribution in [3.05, 3.63) is 33.8 Å². The molecule has 0 aromatic heterocycles. The van der Waals surface area contributed by atoms with Crippen molar-refractivity contribution in [1.29, 1.82) is 0 Å². The molecule has 3 rings (SSSR count). The van der Waals surface area contributed by atoms with E-state index in [1.54, 1.807) is 18.2 Å². The average molecular weight is 327 g/mol. The summed E-state index contributed by atoms with van der Waals surface area (Å²) < 4.78 is 0. The largest absolute Gasteiger partial charge is 0.335 e. The molecule has 1 amide bonds. The SMILES string of the molecule is O=C(c1cc(Cl)ccc1Cl)N(CC1CCCNC1)C1CC1. The number of benzene rings is 1. The van der Waals surface area contributed by atoms with Crippen LogP contribution in [0.25, 0.3) is 0 Å². The minimum atomic E-state index is 0.0237. The number of hydrogen-bond donors (Lipinski definition) is 1. The van der Waals surface area contributed by atoms with Crippen LogP contribution in [0, 0.1) is 5.92 Å². The van der Waals surface area contributed by atoms with Gasteiger partial charge < -0.3 is 10.2 Å². The smallest absolute Gasteiger partial charge is 0.255 e. The Labute approximate surface area is 135 Å². The van der Waals surface area contributed by atoms with E-state index < -0.39 is 0 Å². The van der Waals surface area contributed by atoms with Gasteiger partial charge in [0.2, 0.25) is 0 Å². The van der Waals surface area contributed by atoms with Gasteiger partial charge in [-0.2, -0.15) is 0 Å². The first-order valence-electron chi connectivity index (χ1n) is 7.62. The molecule has 0 bridgehead atoms. The molecule has 114 valence electrons. The maximum atomic E-state index is 12.8. The van der Waals surface area contributed by atoms with Gasteiger partial charge in [0.05, 0.1) is 10.6 Å². The average Bonchev–Trinajstić information content (AvgIpc) is 3.32. The van der Waals surface area contributed by atoms with Crippen LogP contribution in [0.4, 0.5) is 0 Å². The Kier molecular flexibility index (Phi) is 4.72. The number of carbonyl (C=O) groups is 1. The summed E-state index contributed by atoms with van der Waals surface area (Å²) in [5, 5.41) is 4.45. The van der Waals surface area contributed by atoms with Gasteiger partial charge in [0.15, 0.2) is 0 Å². The molecule has 1 N–H and O–H groups in total. The van der Waals surface area contributed by atoms with Crippen molar-refractivity contribution < 1.29 is 4.79 Å². The molecule has 3 nitrogen and oxygen atoms in total. The first-order chi connectivity index (χ1) is 10.1. The molecular weight excluding hydrogens is 307 g/mol. The number of amides is 1. The third kappa shape index (κ3) is 3.71. The van der Waals surface area contributed by atoms with Crippen LogP contribution in [-0.2, 0) is 0 Å². The van der Waals surface area contributed by atoms with Gasteiger partial charge in [-0.05, 0) is 62.9 Å². The predicted octanol–water partition coefficient (Wildman–Crippen LogP) is 3.60. The Bertz CT molecular complexity index is 525. The second-order valence-electron chi connectivity index (χ2n) is 6.03. The monoisotopic (exact) mass is 326 g/mol. The second kappa shape index (κ2) is 6.55. The molecule has 0 radical (unpaired) electrons. The topological polar surface area (TPSA) is 32.3 Å². The van der Waals surface area contributed by atoms with E-state index >= 15 is 0 Å². The van der Waals surface area contributed by atoms with E-state index in [9.17, 15) is 4.79 Å². The molecule has 1 aromatic rings. The highest BCUT2D eigenvalue weighted by atomic mass is 35.5. The first kappa shape index (κ1) is 15.1. The highest BCUT2D eigenvalue weighted by Crippen LogP contribution is 2.32. The molecule has 5 heteroatoms. The van der Waals surface area contributed by atoms with Crippen LogP contribution in [0.2, 0.25) is 10.0 Å². The van der Waals surface area contributed by atoms with Crippen LogP contribution in [-0.4, -0.2) is 36.5 Å². The molecule has 1 aliphatic carbocycles. The van der Waals surface area contributed by atoms with Gasteiger partial charge in [-0.15, -0.1) is 0 Å². The van der Waals surface area contributed by atoms with Crippen LogP contribution in [0.5, 0.6) is 0 Å². The molecule has 21 heavy (non-hydrogen) atoms. The fourth-order valence-corrected chi connectivity index (χ4v) is 3.33. The molecule has 1 aliphatic heterocycles. The minimum Gasteiger partial charge on any atom is -0.335 e. The number of carbonyl (C=O) groups excluding carboxylic acids is 1. The fourth-order valence-electron chi connectivity index (χ4n) is 2.96. The molecule has 1 heterocycles. The van der Waals surface area contributed by atoms with E-state index in [2.05, 4.69) is 5.32 Å². The van der Waals surface area contributed by atoms with Crippen LogP contribution in [0.1, 0.15) is 36.0 Å². The van der Waals surface area contributed by atoms with Gasteiger partial charge in [-0.25, -0.2) is 0 Å². The van der Waals surface area contributed by atoms with E-state index in [4.69, 9.17) is 23.2 Å². The zero-order valence-corrected chi connectivity index (χ0v) is 13.5. The molecular formula is C16H20Cl2N2O. The molecule has 0 spiro atoms. The maximum Gasteiger partial charge on any atom is 0.255 e. The van der Waals surface area contributed by atoms with E-state index in [1.807, 2.05) is 4.90 Å². The van der Waals surface area contributed by atoms with Crippen molar-refractivity contribution in [3.8, 4) is 0 Å². The molecule has 1 saturated heterocycles. The highest BCUT2D eigenvalue weighted by Gasteiger charge is 2.35. The minimum absolute atomic E-state index is 0.0237. The summed E-state index contributed by atoms with van der Waals surface area (Å²) in [6.07, 6.45) is 4.58. The summed E-state index contributed by atoms with van der Waals surface area (Å²) in [6, 6.07) is 5.48. The third-order valence-corrected chi connectivity index (χ3v) is 4.83. The number of nitrogens with zero attached hydrogens (tertiary/aromatic N) is 1. The lowest BCUT2D eigenvalue weighted by Crippen LogP contribution is -2.42. The number of hydrogen-bond acceptors (Lipinski definition) is 2. The molecule has 2 aliphatic rings. The lowest BCUT2D eigenvalue weighted by atomic mass is 9.98. The first-order valence-corrected chi connectivity index (χ1v) is 8.37. The molecule has 1 saturated carbocycles. The maximum absolute atomic E-state index is 12.8. The predicted molar refractivity (Wildman–Crippen MR) is 86.1 cm³/mol. The van der Waals surface area contributed by atoms with E-state index in [1.165, 1.54) is 12.8 Å². The summed E-state index contributed by atoms with van der Waals surface area (Å²) >= 11 is 12.2. The number of piperidine rings is 1. The molecule has 2 fully saturated rings. The van der Waals surface area contributed by atoms with Crippen LogP contribution < -0.4 is 5.32 Å². The summed E-state index contributed by atoms with van der Waals surface area (Å²) in [5.74, 6) is 0.567. The Morgan fingerprint density at radius 2 is 2.10 bits per heavy atom. The Balaban J connectivity index is 1.76. The second-order valence-corrected chi connectivity index (χ2v) is 6.87. The summed E-state index contributed by atoms with van der Waals surface area (Å²) in [6.45, 7) is 2.91. The molecule has 1 atom stereocenters. The zero-order chi connectivity index (χ0) is 14.8. The fraction of sp³-hybridized carbons (Fsp3) is 0.562. The van der Waals surface area contributed by atoms with Crippen LogP contribution >= 0.6 is 23.2 Å². The summed E-state index contributed by atoms with van der Waals surface area (Å²) in [7, 11) is 0. The summed E-state index contributed by atoms with van der Waals surface area (Å²) in [4.78, 5) is 14.8. The van der Waals surface area contributed by atoms with Gasteiger partial charge in [-0.3, -0.25) is 4.79 Å². The van der Waals surface area contributed by atoms with Crippen molar-refractivity contribution in [2.75, 3.05) is 19.6 Å². The van der Waals surface area contributed by atoms with Crippen molar-refractivity contribution in [3.63, 3.8) is 0 Å². The number of rotatable bonds is 4. The number of halogens is 2. The van der Waals surface area contributed by atoms with Crippen LogP contribution in [0.3, 0.4) is 0 Å².